The molecule has 1 rings (SSSR count). The molecule has 21 heavy (non-hydrogen) atoms. The normalized spacial score (nSPS) is 11.8. The second-order valence-electron chi connectivity index (χ2n) is 4.67. The molecule has 116 valence electrons. The van der Waals surface area contributed by atoms with Crippen LogP contribution >= 0.6 is 0 Å². The number of nitro groups is 1. The summed E-state index contributed by atoms with van der Waals surface area (Å²) in [5, 5.41) is 23.1. The summed E-state index contributed by atoms with van der Waals surface area (Å²) < 4.78 is 4.92. The van der Waals surface area contributed by atoms with Crippen molar-refractivity contribution in [3.8, 4) is 0 Å². The number of nitro benzene ring substituents is 1. The largest absolute Gasteiger partial charge is 0.394 e. The molecule has 1 unspecified atom stereocenters. The van der Waals surface area contributed by atoms with E-state index in [2.05, 4.69) is 5.32 Å². The van der Waals surface area contributed by atoms with Gasteiger partial charge < -0.3 is 20.1 Å². The third kappa shape index (κ3) is 4.40. The van der Waals surface area contributed by atoms with Crippen molar-refractivity contribution in [1.82, 2.24) is 4.90 Å². The molecule has 0 heterocycles. The van der Waals surface area contributed by atoms with Crippen LogP contribution < -0.4 is 5.32 Å². The van der Waals surface area contributed by atoms with E-state index in [0.717, 1.165) is 0 Å². The number of carbonyl (C=O) groups is 1. The fraction of sp³-hybridized carbons (Fsp3) is 0.462. The molecule has 0 fully saturated rings. The minimum atomic E-state index is -0.548. The average molecular weight is 297 g/mol. The number of carbonyl (C=O) groups excluding carboxylic acids is 1. The average Bonchev–Trinajstić information content (AvgIpc) is 2.45. The van der Waals surface area contributed by atoms with E-state index in [0.29, 0.717) is 5.56 Å². The predicted octanol–water partition coefficient (Wildman–Crippen LogP) is 0.716. The lowest BCUT2D eigenvalue weighted by Gasteiger charge is -2.17. The maximum atomic E-state index is 11.9. The number of hydrogen-bond donors (Lipinski definition) is 2. The third-order valence-corrected chi connectivity index (χ3v) is 2.79. The molecular formula is C13H19N3O5. The van der Waals surface area contributed by atoms with E-state index < -0.39 is 11.0 Å². The molecule has 1 atom stereocenters. The molecule has 0 saturated carbocycles. The van der Waals surface area contributed by atoms with Gasteiger partial charge in [-0.1, -0.05) is 0 Å². The Morgan fingerprint density at radius 2 is 2.19 bits per heavy atom. The summed E-state index contributed by atoms with van der Waals surface area (Å²) in [6.07, 6.45) is 0. The number of aliphatic hydroxyl groups is 1. The number of nitrogens with one attached hydrogen (secondary N) is 1. The Kier molecular flexibility index (Phi) is 6.07. The number of aliphatic hydroxyl groups excluding tert-OH is 1. The van der Waals surface area contributed by atoms with Crippen LogP contribution in [0.15, 0.2) is 18.2 Å². The van der Waals surface area contributed by atoms with Crippen LogP contribution in [-0.2, 0) is 4.74 Å². The Morgan fingerprint density at radius 1 is 1.52 bits per heavy atom. The Labute approximate surface area is 122 Å². The van der Waals surface area contributed by atoms with E-state index in [-0.39, 0.29) is 30.5 Å². The number of hydrogen-bond acceptors (Lipinski definition) is 6. The van der Waals surface area contributed by atoms with Crippen molar-refractivity contribution < 1.29 is 19.6 Å². The van der Waals surface area contributed by atoms with Crippen molar-refractivity contribution in [2.24, 2.45) is 0 Å². The minimum Gasteiger partial charge on any atom is -0.394 e. The molecule has 0 bridgehead atoms. The fourth-order valence-corrected chi connectivity index (χ4v) is 1.76. The lowest BCUT2D eigenvalue weighted by molar-refractivity contribution is -0.384. The number of nitrogens with zero attached hydrogens (tertiary/aromatic N) is 2. The molecule has 8 nitrogen and oxygen atoms in total. The van der Waals surface area contributed by atoms with Crippen LogP contribution in [0.1, 0.15) is 10.4 Å². The van der Waals surface area contributed by atoms with Crippen LogP contribution in [-0.4, -0.2) is 61.3 Å². The van der Waals surface area contributed by atoms with Gasteiger partial charge in [0.15, 0.2) is 0 Å². The molecular weight excluding hydrogens is 278 g/mol. The minimum absolute atomic E-state index is 0.167. The lowest BCUT2D eigenvalue weighted by atomic mass is 10.1. The second kappa shape index (κ2) is 7.55. The summed E-state index contributed by atoms with van der Waals surface area (Å²) in [5.74, 6) is -0.264. The number of rotatable bonds is 7. The summed E-state index contributed by atoms with van der Waals surface area (Å²) in [6.45, 7) is -0.0731. The summed E-state index contributed by atoms with van der Waals surface area (Å²) in [7, 11) is 4.65. The first-order valence-corrected chi connectivity index (χ1v) is 6.27. The topological polar surface area (TPSA) is 105 Å². The number of amides is 1. The Hall–Kier alpha value is -2.19. The van der Waals surface area contributed by atoms with Crippen molar-refractivity contribution in [3.05, 3.63) is 33.9 Å². The maximum Gasteiger partial charge on any atom is 0.292 e. The lowest BCUT2D eigenvalue weighted by Crippen LogP contribution is -2.29. The first-order chi connectivity index (χ1) is 9.90. The highest BCUT2D eigenvalue weighted by molar-refractivity contribution is 5.95. The van der Waals surface area contributed by atoms with Gasteiger partial charge in [-0.05, 0) is 12.1 Å². The van der Waals surface area contributed by atoms with Gasteiger partial charge in [0.1, 0.15) is 5.69 Å². The predicted molar refractivity (Wildman–Crippen MR) is 77.5 cm³/mol. The number of anilines is 1. The standard InChI is InChI=1S/C13H19N3O5/c1-15(2)13(18)9-4-5-12(16(19)20)11(6-9)14-10(7-17)8-21-3/h4-6,10,14,17H,7-8H2,1-3H3. The van der Waals surface area contributed by atoms with Gasteiger partial charge in [-0.2, -0.15) is 0 Å². The fourth-order valence-electron chi connectivity index (χ4n) is 1.76. The van der Waals surface area contributed by atoms with Crippen molar-refractivity contribution in [2.45, 2.75) is 6.04 Å². The maximum absolute atomic E-state index is 11.9. The third-order valence-electron chi connectivity index (χ3n) is 2.79. The van der Waals surface area contributed by atoms with Gasteiger partial charge in [0, 0.05) is 32.8 Å². The molecule has 1 aromatic rings. The second-order valence-corrected chi connectivity index (χ2v) is 4.67. The summed E-state index contributed by atoms with van der Waals surface area (Å²) in [5.41, 5.74) is 0.325. The molecule has 0 aromatic heterocycles. The monoisotopic (exact) mass is 297 g/mol. The smallest absolute Gasteiger partial charge is 0.292 e. The van der Waals surface area contributed by atoms with Crippen molar-refractivity contribution in [3.63, 3.8) is 0 Å². The van der Waals surface area contributed by atoms with Crippen LogP contribution in [0.25, 0.3) is 0 Å². The highest BCUT2D eigenvalue weighted by atomic mass is 16.6. The SMILES string of the molecule is COCC(CO)Nc1cc(C(=O)N(C)C)ccc1[N+](=O)[O-]. The van der Waals surface area contributed by atoms with Crippen LogP contribution in [0.5, 0.6) is 0 Å². The molecule has 0 radical (unpaired) electrons. The first-order valence-electron chi connectivity index (χ1n) is 6.27. The quantitative estimate of drug-likeness (QED) is 0.567. The molecule has 2 N–H and O–H groups in total. The Morgan fingerprint density at radius 3 is 2.67 bits per heavy atom. The van der Waals surface area contributed by atoms with Gasteiger partial charge in [-0.25, -0.2) is 0 Å². The molecule has 0 aliphatic carbocycles. The zero-order valence-electron chi connectivity index (χ0n) is 12.2. The highest BCUT2D eigenvalue weighted by Gasteiger charge is 2.20. The summed E-state index contributed by atoms with van der Waals surface area (Å²) >= 11 is 0. The Balaban J connectivity index is 3.15. The van der Waals surface area contributed by atoms with Gasteiger partial charge in [0.2, 0.25) is 0 Å². The zero-order valence-corrected chi connectivity index (χ0v) is 12.2. The van der Waals surface area contributed by atoms with Gasteiger partial charge in [0.25, 0.3) is 11.6 Å². The van der Waals surface area contributed by atoms with E-state index in [9.17, 15) is 20.0 Å². The van der Waals surface area contributed by atoms with Crippen molar-refractivity contribution >= 4 is 17.3 Å². The summed E-state index contributed by atoms with van der Waals surface area (Å²) in [6, 6.07) is 3.56. The molecule has 1 amide bonds. The number of benzene rings is 1. The molecule has 8 heteroatoms. The molecule has 1 aromatic carbocycles. The van der Waals surface area contributed by atoms with Crippen molar-refractivity contribution in [1.29, 1.82) is 0 Å². The first kappa shape index (κ1) is 16.9. The molecule has 0 spiro atoms. The van der Waals surface area contributed by atoms with E-state index in [1.807, 2.05) is 0 Å². The van der Waals surface area contributed by atoms with Gasteiger partial charge in [0.05, 0.1) is 24.2 Å². The molecule has 0 aliphatic heterocycles. The zero-order chi connectivity index (χ0) is 16.0. The highest BCUT2D eigenvalue weighted by Crippen LogP contribution is 2.26. The summed E-state index contributed by atoms with van der Waals surface area (Å²) in [4.78, 5) is 23.8. The van der Waals surface area contributed by atoms with Gasteiger partial charge >= 0.3 is 0 Å². The van der Waals surface area contributed by atoms with E-state index >= 15 is 0 Å². The van der Waals surface area contributed by atoms with Crippen LogP contribution in [0, 0.1) is 10.1 Å². The van der Waals surface area contributed by atoms with Crippen molar-refractivity contribution in [2.75, 3.05) is 39.7 Å². The number of methoxy groups -OCH3 is 1. The van der Waals surface area contributed by atoms with Gasteiger partial charge in [-0.15, -0.1) is 0 Å². The van der Waals surface area contributed by atoms with E-state index in [1.165, 1.54) is 30.2 Å². The van der Waals surface area contributed by atoms with Crippen LogP contribution in [0.4, 0.5) is 11.4 Å². The van der Waals surface area contributed by atoms with Gasteiger partial charge in [-0.3, -0.25) is 14.9 Å². The number of ether oxygens (including phenoxy) is 1. The molecule has 0 saturated heterocycles. The van der Waals surface area contributed by atoms with Crippen LogP contribution in [0.2, 0.25) is 0 Å². The van der Waals surface area contributed by atoms with E-state index in [1.54, 1.807) is 14.1 Å². The van der Waals surface area contributed by atoms with E-state index in [4.69, 9.17) is 4.74 Å². The molecule has 0 aliphatic rings. The van der Waals surface area contributed by atoms with Crippen LogP contribution in [0.3, 0.4) is 0 Å². The Bertz CT molecular complexity index is 519.